The Morgan fingerprint density at radius 3 is 2.50 bits per heavy atom. The van der Waals surface area contributed by atoms with Crippen LogP contribution in [0.4, 0.5) is 0 Å². The summed E-state index contributed by atoms with van der Waals surface area (Å²) in [4.78, 5) is 0. The van der Waals surface area contributed by atoms with Gasteiger partial charge in [0.1, 0.15) is 5.69 Å². The average Bonchev–Trinajstić information content (AvgIpc) is 3.09. The smallest absolute Gasteiger partial charge is 0.231 e. The van der Waals surface area contributed by atoms with Crippen molar-refractivity contribution in [2.24, 2.45) is 0 Å². The van der Waals surface area contributed by atoms with Gasteiger partial charge >= 0.3 is 0 Å². The van der Waals surface area contributed by atoms with E-state index in [9.17, 15) is 0 Å². The van der Waals surface area contributed by atoms with Crippen molar-refractivity contribution in [1.29, 1.82) is 0 Å². The summed E-state index contributed by atoms with van der Waals surface area (Å²) in [7, 11) is 0. The molecule has 24 heavy (non-hydrogen) atoms. The van der Waals surface area contributed by atoms with Gasteiger partial charge in [0.25, 0.3) is 5.82 Å². The molecule has 3 heteroatoms. The molecule has 3 aromatic rings. The molecule has 0 unspecified atom stereocenters. The minimum Gasteiger partial charge on any atom is -0.231 e. The van der Waals surface area contributed by atoms with Gasteiger partial charge in [-0.25, -0.2) is 4.57 Å². The van der Waals surface area contributed by atoms with E-state index in [0.29, 0.717) is 6.04 Å². The minimum atomic E-state index is 0.516. The number of aryl methyl sites for hydroxylation is 4. The van der Waals surface area contributed by atoms with Gasteiger partial charge in [-0.05, 0) is 43.9 Å². The second-order valence-corrected chi connectivity index (χ2v) is 7.01. The third-order valence-electron chi connectivity index (χ3n) is 5.03. The molecule has 4 rings (SSSR count). The second kappa shape index (κ2) is 5.90. The fraction of sp³-hybridized carbons (Fsp3) is 0.333. The van der Waals surface area contributed by atoms with Crippen LogP contribution < -0.4 is 4.57 Å². The first-order chi connectivity index (χ1) is 11.6. The molecule has 0 bridgehead atoms. The molecule has 0 N–H and O–H groups in total. The monoisotopic (exact) mass is 318 g/mol. The van der Waals surface area contributed by atoms with Crippen molar-refractivity contribution >= 4 is 0 Å². The summed E-state index contributed by atoms with van der Waals surface area (Å²) < 4.78 is 4.46. The third kappa shape index (κ3) is 2.64. The quantitative estimate of drug-likeness (QED) is 0.673. The van der Waals surface area contributed by atoms with E-state index in [1.54, 1.807) is 0 Å². The molecule has 0 fully saturated rings. The van der Waals surface area contributed by atoms with Crippen molar-refractivity contribution in [3.63, 3.8) is 0 Å². The zero-order valence-corrected chi connectivity index (χ0v) is 14.7. The van der Waals surface area contributed by atoms with Gasteiger partial charge in [0.2, 0.25) is 6.33 Å². The molecule has 0 amide bonds. The highest BCUT2D eigenvalue weighted by atomic mass is 15.4. The molecule has 3 nitrogen and oxygen atoms in total. The second-order valence-electron chi connectivity index (χ2n) is 7.01. The third-order valence-corrected chi connectivity index (χ3v) is 5.03. The molecule has 0 saturated carbocycles. The lowest BCUT2D eigenvalue weighted by Gasteiger charge is -2.09. The Bertz CT molecular complexity index is 854. The van der Waals surface area contributed by atoms with Crippen LogP contribution in [-0.2, 0) is 12.8 Å². The highest BCUT2D eigenvalue weighted by Crippen LogP contribution is 2.24. The normalized spacial score (nSPS) is 16.4. The molecular formula is C21H24N3+. The number of hydrogen-bond acceptors (Lipinski definition) is 1. The number of nitrogens with zero attached hydrogens (tertiary/aromatic N) is 3. The van der Waals surface area contributed by atoms with Crippen molar-refractivity contribution in [1.82, 2.24) is 9.78 Å². The average molecular weight is 318 g/mol. The van der Waals surface area contributed by atoms with Crippen LogP contribution in [0.3, 0.4) is 0 Å². The fourth-order valence-electron chi connectivity index (χ4n) is 4.03. The van der Waals surface area contributed by atoms with Crippen LogP contribution in [0.2, 0.25) is 0 Å². The van der Waals surface area contributed by atoms with Crippen molar-refractivity contribution in [2.45, 2.75) is 46.1 Å². The predicted molar refractivity (Wildman–Crippen MR) is 95.5 cm³/mol. The zero-order valence-electron chi connectivity index (χ0n) is 14.7. The predicted octanol–water partition coefficient (Wildman–Crippen LogP) is 3.82. The summed E-state index contributed by atoms with van der Waals surface area (Å²) in [6, 6.07) is 15.8. The van der Waals surface area contributed by atoms with Crippen LogP contribution >= 0.6 is 0 Å². The van der Waals surface area contributed by atoms with Gasteiger partial charge in [0.15, 0.2) is 0 Å². The van der Waals surface area contributed by atoms with Crippen LogP contribution in [-0.4, -0.2) is 9.78 Å². The highest BCUT2D eigenvalue weighted by Gasteiger charge is 2.32. The van der Waals surface area contributed by atoms with Crippen LogP contribution in [0, 0.1) is 20.8 Å². The standard InChI is InChI=1S/C21H24N3/c1-15-11-16(2)21(17(3)12-15)24-14-23-19(9-10-20(23)22-24)13-18-7-5-4-6-8-18/h4-8,11-12,14,19H,9-10,13H2,1-3H3/q+1/t19-/m0/s1. The molecule has 1 aromatic heterocycles. The number of benzene rings is 2. The maximum Gasteiger partial charge on any atom is 0.278 e. The van der Waals surface area contributed by atoms with Crippen LogP contribution in [0.5, 0.6) is 0 Å². The van der Waals surface area contributed by atoms with E-state index in [1.165, 1.54) is 40.2 Å². The zero-order chi connectivity index (χ0) is 16.7. The Morgan fingerprint density at radius 2 is 1.79 bits per heavy atom. The summed E-state index contributed by atoms with van der Waals surface area (Å²) in [6.45, 7) is 6.50. The summed E-state index contributed by atoms with van der Waals surface area (Å²) in [5.41, 5.74) is 6.50. The summed E-state index contributed by atoms with van der Waals surface area (Å²) >= 11 is 0. The first-order valence-corrected chi connectivity index (χ1v) is 8.73. The van der Waals surface area contributed by atoms with Gasteiger partial charge in [-0.15, -0.1) is 0 Å². The van der Waals surface area contributed by atoms with Gasteiger partial charge in [0.05, 0.1) is 6.04 Å². The van der Waals surface area contributed by atoms with E-state index in [-0.39, 0.29) is 0 Å². The number of fused-ring (bicyclic) bond motifs is 1. The Kier molecular flexibility index (Phi) is 3.72. The van der Waals surface area contributed by atoms with Crippen LogP contribution in [0.15, 0.2) is 48.8 Å². The minimum absolute atomic E-state index is 0.516. The topological polar surface area (TPSA) is 21.7 Å². The number of hydrogen-bond donors (Lipinski definition) is 0. The summed E-state index contributed by atoms with van der Waals surface area (Å²) in [5.74, 6) is 1.20. The van der Waals surface area contributed by atoms with Gasteiger partial charge in [0, 0.05) is 17.9 Å². The van der Waals surface area contributed by atoms with E-state index in [0.717, 1.165) is 12.8 Å². The highest BCUT2D eigenvalue weighted by molar-refractivity contribution is 5.48. The van der Waals surface area contributed by atoms with Crippen molar-refractivity contribution in [2.75, 3.05) is 0 Å². The molecule has 0 radical (unpaired) electrons. The Balaban J connectivity index is 1.68. The lowest BCUT2D eigenvalue weighted by Crippen LogP contribution is -2.37. The number of aromatic nitrogens is 3. The molecule has 2 aromatic carbocycles. The fourth-order valence-corrected chi connectivity index (χ4v) is 4.03. The molecule has 0 saturated heterocycles. The molecule has 1 atom stereocenters. The first-order valence-electron chi connectivity index (χ1n) is 8.73. The largest absolute Gasteiger partial charge is 0.278 e. The molecule has 0 spiro atoms. The van der Waals surface area contributed by atoms with E-state index < -0.39 is 0 Å². The van der Waals surface area contributed by atoms with Crippen molar-refractivity contribution < 1.29 is 4.57 Å². The van der Waals surface area contributed by atoms with E-state index in [2.05, 4.69) is 78.8 Å². The molecule has 1 aliphatic heterocycles. The SMILES string of the molecule is Cc1cc(C)c(-n2c[n+]3c(n2)CC[C@H]3Cc2ccccc2)c(C)c1. The first kappa shape index (κ1) is 15.1. The summed E-state index contributed by atoms with van der Waals surface area (Å²) in [5, 5.41) is 4.88. The van der Waals surface area contributed by atoms with Crippen LogP contribution in [0.25, 0.3) is 5.69 Å². The Hall–Kier alpha value is -2.42. The van der Waals surface area contributed by atoms with Crippen molar-refractivity contribution in [3.8, 4) is 5.69 Å². The molecule has 1 aliphatic rings. The lowest BCUT2D eigenvalue weighted by molar-refractivity contribution is -0.716. The van der Waals surface area contributed by atoms with Gasteiger partial charge in [-0.2, -0.15) is 0 Å². The molecule has 122 valence electrons. The van der Waals surface area contributed by atoms with Gasteiger partial charge in [-0.3, -0.25) is 0 Å². The van der Waals surface area contributed by atoms with E-state index in [1.807, 2.05) is 0 Å². The van der Waals surface area contributed by atoms with E-state index >= 15 is 0 Å². The van der Waals surface area contributed by atoms with Gasteiger partial charge in [-0.1, -0.05) is 52.7 Å². The summed E-state index contributed by atoms with van der Waals surface area (Å²) in [6.07, 6.45) is 5.52. The van der Waals surface area contributed by atoms with Gasteiger partial charge < -0.3 is 0 Å². The maximum atomic E-state index is 4.88. The Morgan fingerprint density at radius 1 is 1.08 bits per heavy atom. The Labute approximate surface area is 143 Å². The molecule has 0 aliphatic carbocycles. The van der Waals surface area contributed by atoms with E-state index in [4.69, 9.17) is 5.10 Å². The maximum absolute atomic E-state index is 4.88. The molecule has 2 heterocycles. The van der Waals surface area contributed by atoms with Crippen LogP contribution in [0.1, 0.15) is 40.5 Å². The lowest BCUT2D eigenvalue weighted by atomic mass is 10.0. The number of rotatable bonds is 3. The molecular weight excluding hydrogens is 294 g/mol. The van der Waals surface area contributed by atoms with Crippen molar-refractivity contribution in [3.05, 3.63) is 76.9 Å².